The van der Waals surface area contributed by atoms with Crippen molar-refractivity contribution >= 4 is 41.3 Å². The van der Waals surface area contributed by atoms with Gasteiger partial charge in [-0.15, -0.1) is 45.5 Å². The lowest BCUT2D eigenvalue weighted by Crippen LogP contribution is -2.39. The maximum absolute atomic E-state index is 5.54. The molecular formula is C22H31IN6OS. The Balaban J connectivity index is 0.00000341. The van der Waals surface area contributed by atoms with Crippen molar-refractivity contribution in [2.45, 2.75) is 33.4 Å². The molecule has 1 N–H and O–H groups in total. The number of hydrogen-bond donors (Lipinski definition) is 1. The molecule has 168 valence electrons. The highest BCUT2D eigenvalue weighted by Crippen LogP contribution is 2.14. The van der Waals surface area contributed by atoms with Crippen molar-refractivity contribution in [3.8, 4) is 5.75 Å². The van der Waals surface area contributed by atoms with Gasteiger partial charge in [-0.05, 0) is 49.4 Å². The molecule has 0 saturated heterocycles. The molecule has 9 heteroatoms. The number of aliphatic imine (C=N–C) groups is 1. The molecule has 0 atom stereocenters. The first-order chi connectivity index (χ1) is 14.6. The average molecular weight is 555 g/mol. The van der Waals surface area contributed by atoms with Crippen molar-refractivity contribution in [1.29, 1.82) is 0 Å². The molecule has 2 heterocycles. The van der Waals surface area contributed by atoms with E-state index < -0.39 is 0 Å². The number of rotatable bonds is 9. The summed E-state index contributed by atoms with van der Waals surface area (Å²) in [5, 5.41) is 14.0. The minimum atomic E-state index is 0. The van der Waals surface area contributed by atoms with E-state index in [1.54, 1.807) is 11.3 Å². The van der Waals surface area contributed by atoms with E-state index in [2.05, 4.69) is 57.1 Å². The van der Waals surface area contributed by atoms with Crippen LogP contribution in [-0.2, 0) is 26.6 Å². The summed E-state index contributed by atoms with van der Waals surface area (Å²) < 4.78 is 7.51. The molecule has 31 heavy (non-hydrogen) atoms. The number of ether oxygens (including phenoxy) is 1. The van der Waals surface area contributed by atoms with E-state index in [0.717, 1.165) is 42.9 Å². The predicted octanol–water partition coefficient (Wildman–Crippen LogP) is 4.02. The molecule has 0 aliphatic rings. The highest BCUT2D eigenvalue weighted by atomic mass is 127. The Hall–Kier alpha value is -2.14. The highest BCUT2D eigenvalue weighted by Gasteiger charge is 2.10. The van der Waals surface area contributed by atoms with Crippen molar-refractivity contribution in [2.24, 2.45) is 12.0 Å². The molecule has 0 aliphatic heterocycles. The Kier molecular flexibility index (Phi) is 10.3. The number of guanidine groups is 1. The standard InChI is InChI=1S/C22H30N6OS.HI/c1-5-29-19-10-8-18(9-11-19)16-27(3)22(23-13-12-20-7-6-14-30-20)24-15-21-26-25-17(2)28(21)4;/h6-11,14H,5,12-13,15-16H2,1-4H3,(H,23,24);1H. The molecule has 7 nitrogen and oxygen atoms in total. The fourth-order valence-corrected chi connectivity index (χ4v) is 3.71. The molecule has 0 spiro atoms. The molecule has 0 aliphatic carbocycles. The van der Waals surface area contributed by atoms with Gasteiger partial charge in [-0.1, -0.05) is 18.2 Å². The summed E-state index contributed by atoms with van der Waals surface area (Å²) in [7, 11) is 4.02. The number of hydrogen-bond acceptors (Lipinski definition) is 5. The lowest BCUT2D eigenvalue weighted by atomic mass is 10.2. The normalized spacial score (nSPS) is 11.2. The topological polar surface area (TPSA) is 67.6 Å². The van der Waals surface area contributed by atoms with Crippen LogP contribution in [0.3, 0.4) is 0 Å². The second-order valence-corrected chi connectivity index (χ2v) is 8.08. The van der Waals surface area contributed by atoms with Crippen LogP contribution in [-0.4, -0.2) is 45.8 Å². The molecule has 3 rings (SSSR count). The summed E-state index contributed by atoms with van der Waals surface area (Å²) >= 11 is 1.78. The second kappa shape index (κ2) is 12.7. The fourth-order valence-electron chi connectivity index (χ4n) is 3.00. The van der Waals surface area contributed by atoms with Crippen LogP contribution >= 0.6 is 35.3 Å². The first kappa shape index (κ1) is 25.1. The Morgan fingerprint density at radius 3 is 2.61 bits per heavy atom. The van der Waals surface area contributed by atoms with Crippen LogP contribution in [0.15, 0.2) is 46.8 Å². The van der Waals surface area contributed by atoms with Crippen molar-refractivity contribution in [1.82, 2.24) is 25.0 Å². The van der Waals surface area contributed by atoms with E-state index in [0.29, 0.717) is 13.2 Å². The summed E-state index contributed by atoms with van der Waals surface area (Å²) in [6.45, 7) is 6.65. The van der Waals surface area contributed by atoms with E-state index in [9.17, 15) is 0 Å². The van der Waals surface area contributed by atoms with Gasteiger partial charge in [0.25, 0.3) is 0 Å². The Labute approximate surface area is 205 Å². The summed E-state index contributed by atoms with van der Waals surface area (Å²) in [6.07, 6.45) is 0.969. The van der Waals surface area contributed by atoms with Crippen molar-refractivity contribution in [3.05, 3.63) is 63.9 Å². The largest absolute Gasteiger partial charge is 0.494 e. The molecule has 2 aromatic heterocycles. The van der Waals surface area contributed by atoms with Gasteiger partial charge in [0.1, 0.15) is 18.1 Å². The van der Waals surface area contributed by atoms with E-state index in [4.69, 9.17) is 9.73 Å². The third kappa shape index (κ3) is 7.49. The smallest absolute Gasteiger partial charge is 0.194 e. The SMILES string of the molecule is CCOc1ccc(CN(C)C(=NCc2nnc(C)n2C)NCCc2cccs2)cc1.I. The molecule has 3 aromatic rings. The molecule has 0 radical (unpaired) electrons. The van der Waals surface area contributed by atoms with Crippen LogP contribution < -0.4 is 10.1 Å². The van der Waals surface area contributed by atoms with Gasteiger partial charge in [0, 0.05) is 32.1 Å². The van der Waals surface area contributed by atoms with Crippen LogP contribution in [0.25, 0.3) is 0 Å². The van der Waals surface area contributed by atoms with Gasteiger partial charge in [-0.2, -0.15) is 0 Å². The van der Waals surface area contributed by atoms with Gasteiger partial charge in [0.2, 0.25) is 0 Å². The maximum Gasteiger partial charge on any atom is 0.194 e. The van der Waals surface area contributed by atoms with Gasteiger partial charge in [0.15, 0.2) is 11.8 Å². The Morgan fingerprint density at radius 1 is 1.23 bits per heavy atom. The summed E-state index contributed by atoms with van der Waals surface area (Å²) in [6, 6.07) is 12.5. The monoisotopic (exact) mass is 554 g/mol. The first-order valence-electron chi connectivity index (χ1n) is 10.1. The highest BCUT2D eigenvalue weighted by molar-refractivity contribution is 14.0. The third-order valence-electron chi connectivity index (χ3n) is 4.80. The number of nitrogens with one attached hydrogen (secondary N) is 1. The average Bonchev–Trinajstić information content (AvgIpc) is 3.37. The minimum Gasteiger partial charge on any atom is -0.494 e. The van der Waals surface area contributed by atoms with Crippen molar-refractivity contribution in [3.63, 3.8) is 0 Å². The lowest BCUT2D eigenvalue weighted by molar-refractivity contribution is 0.340. The number of thiophene rings is 1. The van der Waals surface area contributed by atoms with Gasteiger partial charge >= 0.3 is 0 Å². The lowest BCUT2D eigenvalue weighted by Gasteiger charge is -2.23. The van der Waals surface area contributed by atoms with Crippen molar-refractivity contribution < 1.29 is 4.74 Å². The number of nitrogens with zero attached hydrogens (tertiary/aromatic N) is 5. The van der Waals surface area contributed by atoms with Gasteiger partial charge < -0.3 is 19.5 Å². The molecule has 0 bridgehead atoms. The van der Waals surface area contributed by atoms with Gasteiger partial charge in [-0.3, -0.25) is 0 Å². The number of halogens is 1. The van der Waals surface area contributed by atoms with Crippen LogP contribution in [0.4, 0.5) is 0 Å². The van der Waals surface area contributed by atoms with Crippen molar-refractivity contribution in [2.75, 3.05) is 20.2 Å². The number of benzene rings is 1. The zero-order valence-electron chi connectivity index (χ0n) is 18.5. The Morgan fingerprint density at radius 2 is 2.00 bits per heavy atom. The molecule has 0 amide bonds. The van der Waals surface area contributed by atoms with E-state index in [1.807, 2.05) is 37.6 Å². The van der Waals surface area contributed by atoms with E-state index in [-0.39, 0.29) is 24.0 Å². The van der Waals surface area contributed by atoms with E-state index >= 15 is 0 Å². The fraction of sp³-hybridized carbons (Fsp3) is 0.409. The van der Waals surface area contributed by atoms with Gasteiger partial charge in [0.05, 0.1) is 6.61 Å². The summed E-state index contributed by atoms with van der Waals surface area (Å²) in [5.74, 6) is 3.47. The van der Waals surface area contributed by atoms with Crippen LogP contribution in [0, 0.1) is 6.92 Å². The molecule has 1 aromatic carbocycles. The predicted molar refractivity (Wildman–Crippen MR) is 137 cm³/mol. The minimum absolute atomic E-state index is 0. The molecule has 0 fully saturated rings. The second-order valence-electron chi connectivity index (χ2n) is 7.05. The summed E-state index contributed by atoms with van der Waals surface area (Å²) in [5.41, 5.74) is 1.20. The van der Waals surface area contributed by atoms with Crippen LogP contribution in [0.1, 0.15) is 29.0 Å². The van der Waals surface area contributed by atoms with E-state index in [1.165, 1.54) is 10.4 Å². The first-order valence-corrected chi connectivity index (χ1v) is 11.0. The zero-order chi connectivity index (χ0) is 21.3. The number of aromatic nitrogens is 3. The quantitative estimate of drug-likeness (QED) is 0.246. The maximum atomic E-state index is 5.54. The zero-order valence-corrected chi connectivity index (χ0v) is 21.7. The van der Waals surface area contributed by atoms with Gasteiger partial charge in [-0.25, -0.2) is 4.99 Å². The molecule has 0 saturated carbocycles. The molecule has 0 unspecified atom stereocenters. The van der Waals surface area contributed by atoms with Crippen LogP contribution in [0.2, 0.25) is 0 Å². The third-order valence-corrected chi connectivity index (χ3v) is 5.74. The van der Waals surface area contributed by atoms with Crippen LogP contribution in [0.5, 0.6) is 5.75 Å². The summed E-state index contributed by atoms with van der Waals surface area (Å²) in [4.78, 5) is 8.31. The Bertz CT molecular complexity index is 940. The number of aryl methyl sites for hydroxylation is 1. The molecular weight excluding hydrogens is 523 g/mol.